The molecule has 0 aromatic carbocycles. The Morgan fingerprint density at radius 1 is 1.32 bits per heavy atom. The highest BCUT2D eigenvalue weighted by Gasteiger charge is 2.32. The fourth-order valence-electron chi connectivity index (χ4n) is 2.66. The lowest BCUT2D eigenvalue weighted by atomic mass is 9.88. The minimum absolute atomic E-state index is 0.334. The van der Waals surface area contributed by atoms with E-state index in [1.54, 1.807) is 0 Å². The summed E-state index contributed by atoms with van der Waals surface area (Å²) in [5.74, 6) is 0.952. The maximum atomic E-state index is 4.18. The first kappa shape index (κ1) is 14.8. The summed E-state index contributed by atoms with van der Waals surface area (Å²) in [4.78, 5) is 0. The third-order valence-electron chi connectivity index (χ3n) is 3.91. The van der Waals surface area contributed by atoms with Crippen LogP contribution in [0.1, 0.15) is 51.8 Å². The van der Waals surface area contributed by atoms with Gasteiger partial charge < -0.3 is 5.32 Å². The third kappa shape index (κ3) is 3.92. The van der Waals surface area contributed by atoms with Crippen LogP contribution >= 0.6 is 11.8 Å². The van der Waals surface area contributed by atoms with Crippen LogP contribution in [0.4, 0.5) is 0 Å². The van der Waals surface area contributed by atoms with Gasteiger partial charge >= 0.3 is 0 Å². The average molecular weight is 283 g/mol. The second kappa shape index (κ2) is 6.70. The number of hydrogen-bond donors (Lipinski definition) is 1. The fourth-order valence-corrected chi connectivity index (χ4v) is 3.61. The molecule has 0 bridgehead atoms. The van der Waals surface area contributed by atoms with Crippen LogP contribution in [0.25, 0.3) is 0 Å². The van der Waals surface area contributed by atoms with E-state index in [-0.39, 0.29) is 0 Å². The van der Waals surface area contributed by atoms with Gasteiger partial charge in [-0.2, -0.15) is 11.8 Å². The Kier molecular flexibility index (Phi) is 5.21. The molecule has 2 rings (SSSR count). The van der Waals surface area contributed by atoms with E-state index < -0.39 is 0 Å². The van der Waals surface area contributed by atoms with E-state index in [1.807, 2.05) is 16.4 Å². The molecule has 108 valence electrons. The predicted octanol–water partition coefficient (Wildman–Crippen LogP) is 2.24. The van der Waals surface area contributed by atoms with Gasteiger partial charge in [0.05, 0.1) is 13.1 Å². The molecule has 5 nitrogen and oxygen atoms in total. The van der Waals surface area contributed by atoms with Crippen molar-refractivity contribution in [2.45, 2.75) is 69.8 Å². The number of nitrogens with one attached hydrogen (secondary N) is 1. The zero-order chi connectivity index (χ0) is 13.7. The molecule has 0 atom stereocenters. The Morgan fingerprint density at radius 3 is 2.68 bits per heavy atom. The van der Waals surface area contributed by atoms with Gasteiger partial charge in [0.15, 0.2) is 5.82 Å². The molecule has 1 heterocycles. The molecule has 6 heteroatoms. The van der Waals surface area contributed by atoms with Gasteiger partial charge in [-0.15, -0.1) is 5.10 Å². The van der Waals surface area contributed by atoms with Crippen molar-refractivity contribution in [3.63, 3.8) is 0 Å². The second-order valence-electron chi connectivity index (χ2n) is 5.74. The highest BCUT2D eigenvalue weighted by molar-refractivity contribution is 8.00. The number of hydrogen-bond acceptors (Lipinski definition) is 5. The average Bonchev–Trinajstić information content (AvgIpc) is 2.84. The molecule has 0 amide bonds. The van der Waals surface area contributed by atoms with Crippen LogP contribution in [-0.2, 0) is 13.1 Å². The largest absolute Gasteiger partial charge is 0.308 e. The van der Waals surface area contributed by atoms with E-state index in [1.165, 1.54) is 32.1 Å². The van der Waals surface area contributed by atoms with Crippen LogP contribution in [-0.4, -0.2) is 37.3 Å². The molecule has 19 heavy (non-hydrogen) atoms. The minimum Gasteiger partial charge on any atom is -0.308 e. The SMILES string of the molecule is CSC1(Cn2nnnc2CNC(C)C)CCCCC1. The molecule has 0 spiro atoms. The molecule has 1 aliphatic carbocycles. The maximum Gasteiger partial charge on any atom is 0.165 e. The molecule has 0 aliphatic heterocycles. The van der Waals surface area contributed by atoms with Gasteiger partial charge in [0.1, 0.15) is 0 Å². The lowest BCUT2D eigenvalue weighted by Crippen LogP contribution is -2.35. The highest BCUT2D eigenvalue weighted by atomic mass is 32.2. The first-order valence-electron chi connectivity index (χ1n) is 7.19. The zero-order valence-electron chi connectivity index (χ0n) is 12.2. The number of aromatic nitrogens is 4. The molecule has 0 radical (unpaired) electrons. The van der Waals surface area contributed by atoms with Crippen molar-refractivity contribution in [2.24, 2.45) is 0 Å². The molecular weight excluding hydrogens is 258 g/mol. The van der Waals surface area contributed by atoms with E-state index in [9.17, 15) is 0 Å². The lowest BCUT2D eigenvalue weighted by Gasteiger charge is -2.35. The van der Waals surface area contributed by atoms with Crippen LogP contribution in [0.5, 0.6) is 0 Å². The second-order valence-corrected chi connectivity index (χ2v) is 7.01. The Bertz CT molecular complexity index is 384. The van der Waals surface area contributed by atoms with Gasteiger partial charge in [-0.25, -0.2) is 4.68 Å². The van der Waals surface area contributed by atoms with Gasteiger partial charge in [-0.3, -0.25) is 0 Å². The molecule has 1 aromatic heterocycles. The van der Waals surface area contributed by atoms with Crippen molar-refractivity contribution in [1.82, 2.24) is 25.5 Å². The molecule has 1 aromatic rings. The van der Waals surface area contributed by atoms with Crippen LogP contribution < -0.4 is 5.32 Å². The van der Waals surface area contributed by atoms with Crippen molar-refractivity contribution >= 4 is 11.8 Å². The van der Waals surface area contributed by atoms with E-state index >= 15 is 0 Å². The summed E-state index contributed by atoms with van der Waals surface area (Å²) in [6.07, 6.45) is 8.84. The van der Waals surface area contributed by atoms with Crippen molar-refractivity contribution in [2.75, 3.05) is 6.26 Å². The number of nitrogens with zero attached hydrogens (tertiary/aromatic N) is 4. The molecule has 1 fully saturated rings. The van der Waals surface area contributed by atoms with Crippen LogP contribution in [0, 0.1) is 0 Å². The van der Waals surface area contributed by atoms with Gasteiger partial charge in [-0.1, -0.05) is 33.1 Å². The summed E-state index contributed by atoms with van der Waals surface area (Å²) < 4.78 is 2.33. The van der Waals surface area contributed by atoms with Gasteiger partial charge in [0.25, 0.3) is 0 Å². The van der Waals surface area contributed by atoms with Gasteiger partial charge in [0.2, 0.25) is 0 Å². The van der Waals surface area contributed by atoms with Crippen molar-refractivity contribution < 1.29 is 0 Å². The van der Waals surface area contributed by atoms with Gasteiger partial charge in [-0.05, 0) is 29.5 Å². The number of tetrazole rings is 1. The highest BCUT2D eigenvalue weighted by Crippen LogP contribution is 2.39. The van der Waals surface area contributed by atoms with Crippen molar-refractivity contribution in [3.05, 3.63) is 5.82 Å². The third-order valence-corrected chi connectivity index (χ3v) is 5.31. The summed E-state index contributed by atoms with van der Waals surface area (Å²) in [7, 11) is 0. The molecule has 1 aliphatic rings. The summed E-state index contributed by atoms with van der Waals surface area (Å²) in [5.41, 5.74) is 0. The lowest BCUT2D eigenvalue weighted by molar-refractivity contribution is 0.337. The molecule has 0 unspecified atom stereocenters. The van der Waals surface area contributed by atoms with E-state index in [0.29, 0.717) is 10.8 Å². The van der Waals surface area contributed by atoms with E-state index in [2.05, 4.69) is 40.9 Å². The first-order chi connectivity index (χ1) is 9.15. The summed E-state index contributed by atoms with van der Waals surface area (Å²) in [5, 5.41) is 15.6. The summed E-state index contributed by atoms with van der Waals surface area (Å²) in [6.45, 7) is 5.96. The fraction of sp³-hybridized carbons (Fsp3) is 0.923. The zero-order valence-corrected chi connectivity index (χ0v) is 13.0. The Hall–Kier alpha value is -0.620. The van der Waals surface area contributed by atoms with Gasteiger partial charge in [0, 0.05) is 10.8 Å². The number of thioether (sulfide) groups is 1. The van der Waals surface area contributed by atoms with Crippen LogP contribution in [0.2, 0.25) is 0 Å². The predicted molar refractivity (Wildman–Crippen MR) is 79.1 cm³/mol. The quantitative estimate of drug-likeness (QED) is 0.867. The van der Waals surface area contributed by atoms with Crippen molar-refractivity contribution in [3.8, 4) is 0 Å². The topological polar surface area (TPSA) is 55.6 Å². The first-order valence-corrected chi connectivity index (χ1v) is 8.41. The smallest absolute Gasteiger partial charge is 0.165 e. The molecule has 0 saturated heterocycles. The molecule has 1 saturated carbocycles. The Morgan fingerprint density at radius 2 is 2.05 bits per heavy atom. The maximum absolute atomic E-state index is 4.18. The molecule has 1 N–H and O–H groups in total. The summed E-state index contributed by atoms with van der Waals surface area (Å²) >= 11 is 1.99. The number of rotatable bonds is 6. The molecular formula is C13H25N5S. The van der Waals surface area contributed by atoms with E-state index in [0.717, 1.165) is 18.9 Å². The minimum atomic E-state index is 0.334. The monoisotopic (exact) mass is 283 g/mol. The van der Waals surface area contributed by atoms with Crippen LogP contribution in [0.15, 0.2) is 0 Å². The Balaban J connectivity index is 2.03. The normalized spacial score (nSPS) is 18.9. The summed E-state index contributed by atoms with van der Waals surface area (Å²) in [6, 6.07) is 0.453. The van der Waals surface area contributed by atoms with E-state index in [4.69, 9.17) is 0 Å². The van der Waals surface area contributed by atoms with Crippen LogP contribution in [0.3, 0.4) is 0 Å². The van der Waals surface area contributed by atoms with Crippen molar-refractivity contribution in [1.29, 1.82) is 0 Å². The Labute approximate surface area is 119 Å². The standard InChI is InChI=1S/C13H25N5S/c1-11(2)14-9-12-15-16-17-18(12)10-13(19-3)7-5-4-6-8-13/h11,14H,4-10H2,1-3H3.